The number of pyridine rings is 1. The zero-order valence-electron chi connectivity index (χ0n) is 29.1. The second-order valence-corrected chi connectivity index (χ2v) is 15.0. The van der Waals surface area contributed by atoms with Crippen molar-refractivity contribution >= 4 is 66.3 Å². The van der Waals surface area contributed by atoms with E-state index in [0.717, 1.165) is 10.9 Å². The minimum Gasteiger partial charge on any atom is -0.465 e. The molecule has 14 heteroatoms. The normalized spacial score (nSPS) is 17.5. The fourth-order valence-corrected chi connectivity index (χ4v) is 7.83. The number of aliphatic hydroxyl groups is 1. The number of nitrogens with one attached hydrogen (secondary N) is 2. The van der Waals surface area contributed by atoms with Gasteiger partial charge in [0.15, 0.2) is 19.5 Å². The molecule has 1 aliphatic heterocycles. The van der Waals surface area contributed by atoms with Gasteiger partial charge in [0.1, 0.15) is 6.20 Å². The van der Waals surface area contributed by atoms with Crippen molar-refractivity contribution in [1.29, 1.82) is 0 Å². The number of amides is 3. The van der Waals surface area contributed by atoms with Crippen molar-refractivity contribution < 1.29 is 38.7 Å². The largest absolute Gasteiger partial charge is 0.549 e. The summed E-state index contributed by atoms with van der Waals surface area (Å²) in [6, 6.07) is 23.2. The molecule has 0 saturated heterocycles. The van der Waals surface area contributed by atoms with Crippen molar-refractivity contribution in [2.24, 2.45) is 11.8 Å². The van der Waals surface area contributed by atoms with Gasteiger partial charge in [0.2, 0.25) is 5.91 Å². The van der Waals surface area contributed by atoms with Gasteiger partial charge in [-0.15, -0.1) is 11.8 Å². The molecule has 4 N–H and O–H groups in total. The quantitative estimate of drug-likeness (QED) is 0.0482. The summed E-state index contributed by atoms with van der Waals surface area (Å²) in [4.78, 5) is 56.7. The van der Waals surface area contributed by atoms with Crippen LogP contribution in [0, 0.1) is 11.8 Å². The third kappa shape index (κ3) is 8.24. The Bertz CT molecular complexity index is 2040. The number of hydrogen-bond donors (Lipinski definition) is 4. The van der Waals surface area contributed by atoms with Crippen LogP contribution >= 0.6 is 20.2 Å². The highest BCUT2D eigenvalue weighted by atomic mass is 32.2. The maximum absolute atomic E-state index is 13.9. The van der Waals surface area contributed by atoms with Crippen LogP contribution in [0.3, 0.4) is 0 Å². The van der Waals surface area contributed by atoms with Gasteiger partial charge >= 0.3 is 12.1 Å². The van der Waals surface area contributed by atoms with Crippen molar-refractivity contribution in [2.75, 3.05) is 12.9 Å². The van der Waals surface area contributed by atoms with Crippen LogP contribution in [0.1, 0.15) is 59.9 Å². The Morgan fingerprint density at radius 2 is 1.62 bits per heavy atom. The number of aromatic nitrogens is 1. The summed E-state index contributed by atoms with van der Waals surface area (Å²) in [6.07, 6.45) is 0.486. The fraction of sp³-hybridized carbons (Fsp3) is 0.289. The van der Waals surface area contributed by atoms with Gasteiger partial charge in [0, 0.05) is 39.9 Å². The van der Waals surface area contributed by atoms with Gasteiger partial charge in [0.05, 0.1) is 29.1 Å². The molecule has 3 amide bonds. The molecule has 4 aromatic rings. The van der Waals surface area contributed by atoms with Crippen molar-refractivity contribution in [2.45, 2.75) is 50.0 Å². The van der Waals surface area contributed by atoms with E-state index in [1.54, 1.807) is 31.2 Å². The molecule has 52 heavy (non-hydrogen) atoms. The molecule has 1 aliphatic rings. The van der Waals surface area contributed by atoms with Gasteiger partial charge in [-0.1, -0.05) is 54.8 Å². The molecule has 3 unspecified atom stereocenters. The Hall–Kier alpha value is -4.94. The van der Waals surface area contributed by atoms with Gasteiger partial charge in [0.25, 0.3) is 5.91 Å². The molecule has 0 spiro atoms. The van der Waals surface area contributed by atoms with Crippen LogP contribution in [-0.2, 0) is 14.1 Å². The highest BCUT2D eigenvalue weighted by Crippen LogP contribution is 2.42. The molecule has 1 aromatic heterocycles. The first-order chi connectivity index (χ1) is 24.8. The number of thioether (sulfide) groups is 1. The smallest absolute Gasteiger partial charge is 0.465 e. The number of nitrogens with zero attached hydrogens (tertiary/aromatic N) is 2. The topological polar surface area (TPSA) is 172 Å². The van der Waals surface area contributed by atoms with E-state index in [2.05, 4.69) is 15.7 Å². The van der Waals surface area contributed by atoms with Crippen LogP contribution in [0.5, 0.6) is 0 Å². The van der Waals surface area contributed by atoms with Crippen molar-refractivity contribution in [1.82, 2.24) is 20.3 Å². The number of rotatable bonds is 13. The minimum atomic E-state index is -1.90. The molecule has 3 aromatic carbocycles. The highest BCUT2D eigenvalue weighted by molar-refractivity contribution is 7.99. The lowest BCUT2D eigenvalue weighted by Crippen LogP contribution is -2.60. The lowest BCUT2D eigenvalue weighted by atomic mass is 9.90. The van der Waals surface area contributed by atoms with Crippen molar-refractivity contribution in [3.63, 3.8) is 0 Å². The van der Waals surface area contributed by atoms with Crippen molar-refractivity contribution in [3.8, 4) is 0 Å². The molecule has 0 bridgehead atoms. The highest BCUT2D eigenvalue weighted by Gasteiger charge is 2.49. The fourth-order valence-electron chi connectivity index (χ4n) is 6.19. The third-order valence-corrected chi connectivity index (χ3v) is 10.9. The number of carbonyl (C=O) groups is 4. The Balaban J connectivity index is 1.34. The standard InChI is InChI=1S/C38H39N4O8PS/c1-23(2)19-30(38(48,51-49)22-52-33-18-17-25-9-5-7-11-31(25)40-33)35(44)39-24(3)20-28-21-42(37(46)47,32-12-8-6-10-29(28)32)41-34(43)26-13-15-27(16-14-26)36(45)50-4/h5-18,21,23-24,30,48H,19-20,22H2,1-4H3,(H2-,39,41,43,44,46,47)/p+1/t24-,30?,38?,42?/m1/s1. The van der Waals surface area contributed by atoms with Gasteiger partial charge in [-0.05, 0) is 68.1 Å². The molecule has 12 nitrogen and oxygen atoms in total. The number of para-hydroxylation sites is 2. The first kappa shape index (κ1) is 38.3. The van der Waals surface area contributed by atoms with E-state index in [1.165, 1.54) is 49.3 Å². The average molecular weight is 744 g/mol. The van der Waals surface area contributed by atoms with E-state index in [4.69, 9.17) is 4.74 Å². The van der Waals surface area contributed by atoms with Crippen LogP contribution in [0.4, 0.5) is 10.5 Å². The van der Waals surface area contributed by atoms with Crippen LogP contribution in [0.2, 0.25) is 0 Å². The van der Waals surface area contributed by atoms with Crippen LogP contribution in [-0.4, -0.2) is 63.3 Å². The summed E-state index contributed by atoms with van der Waals surface area (Å²) >= 11 is 1.22. The zero-order valence-corrected chi connectivity index (χ0v) is 30.8. The number of methoxy groups -OCH3 is 1. The Morgan fingerprint density at radius 3 is 2.29 bits per heavy atom. The first-order valence-corrected chi connectivity index (χ1v) is 18.4. The number of fused-ring (bicyclic) bond motifs is 2. The summed E-state index contributed by atoms with van der Waals surface area (Å²) in [5, 5.41) is 24.9. The van der Waals surface area contributed by atoms with E-state index in [0.29, 0.717) is 21.8 Å². The zero-order chi connectivity index (χ0) is 37.6. The first-order valence-electron chi connectivity index (χ1n) is 16.6. The number of benzene rings is 3. The van der Waals surface area contributed by atoms with E-state index < -0.39 is 54.2 Å². The second kappa shape index (κ2) is 16.2. The number of esters is 1. The summed E-state index contributed by atoms with van der Waals surface area (Å²) < 4.78 is 16.3. The van der Waals surface area contributed by atoms with E-state index in [-0.39, 0.29) is 35.6 Å². The van der Waals surface area contributed by atoms with Crippen LogP contribution < -0.4 is 15.3 Å². The predicted molar refractivity (Wildman–Crippen MR) is 200 cm³/mol. The summed E-state index contributed by atoms with van der Waals surface area (Å²) in [6.45, 7) is 5.58. The molecule has 0 aliphatic carbocycles. The van der Waals surface area contributed by atoms with E-state index in [1.807, 2.05) is 50.2 Å². The van der Waals surface area contributed by atoms with Gasteiger partial charge < -0.3 is 20.3 Å². The van der Waals surface area contributed by atoms with Crippen LogP contribution in [0.25, 0.3) is 16.5 Å². The number of ether oxygens (including phenoxy) is 1. The molecular formula is C38H40N4O8PS+. The molecular weight excluding hydrogens is 703 g/mol. The lowest BCUT2D eigenvalue weighted by molar-refractivity contribution is -0.130. The summed E-state index contributed by atoms with van der Waals surface area (Å²) in [5.41, 5.74) is 5.18. The molecule has 0 radical (unpaired) electrons. The van der Waals surface area contributed by atoms with Gasteiger partial charge in [-0.3, -0.25) is 14.2 Å². The van der Waals surface area contributed by atoms with Crippen LogP contribution in [0.15, 0.2) is 96.2 Å². The SMILES string of the molecule is COC(=O)c1ccc(C(=O)N[N+]2(C(=O)O)C=C(C[C@@H](C)NC(=O)C(CC(C)C)C(O)(CSc3ccc4ccccc4n3)P=O)c3ccccc32)cc1. The van der Waals surface area contributed by atoms with E-state index >= 15 is 0 Å². The maximum Gasteiger partial charge on any atom is 0.549 e. The predicted octanol–water partition coefficient (Wildman–Crippen LogP) is 7.04. The summed E-state index contributed by atoms with van der Waals surface area (Å²) in [7, 11) is 0.643. The Labute approximate surface area is 307 Å². The molecule has 2 heterocycles. The lowest BCUT2D eigenvalue weighted by Gasteiger charge is -2.31. The Kier molecular flexibility index (Phi) is 11.9. The summed E-state index contributed by atoms with van der Waals surface area (Å²) in [5.74, 6) is -2.86. The van der Waals surface area contributed by atoms with Crippen molar-refractivity contribution in [3.05, 3.63) is 108 Å². The minimum absolute atomic E-state index is 0.0127. The van der Waals surface area contributed by atoms with E-state index in [9.17, 15) is 34.0 Å². The molecule has 5 rings (SSSR count). The Morgan fingerprint density at radius 1 is 0.942 bits per heavy atom. The third-order valence-electron chi connectivity index (χ3n) is 8.79. The number of quaternary nitrogens is 1. The average Bonchev–Trinajstić information content (AvgIpc) is 3.45. The molecule has 4 atom stereocenters. The van der Waals surface area contributed by atoms with Gasteiger partial charge in [-0.2, -0.15) is 10.2 Å². The second-order valence-electron chi connectivity index (χ2n) is 13.1. The number of hydrogen-bond acceptors (Lipinski definition) is 9. The number of carboxylic acid groups (broad SMARTS) is 1. The molecule has 0 saturated carbocycles. The maximum atomic E-state index is 13.9. The molecule has 0 fully saturated rings. The molecule has 270 valence electrons. The van der Waals surface area contributed by atoms with Gasteiger partial charge in [-0.25, -0.2) is 9.78 Å². The monoisotopic (exact) mass is 743 g/mol. The number of carbonyl (C=O) groups excluding carboxylic acids is 3.